The van der Waals surface area contributed by atoms with Crippen molar-refractivity contribution in [3.8, 4) is 11.5 Å². The Hall–Kier alpha value is -2.44. The van der Waals surface area contributed by atoms with Crippen LogP contribution in [-0.2, 0) is 4.79 Å². The van der Waals surface area contributed by atoms with E-state index in [9.17, 15) is 9.59 Å². The number of carbonyl (C=O) groups is 2. The molecule has 20 heavy (non-hydrogen) atoms. The molecular weight excluding hydrogens is 264 g/mol. The van der Waals surface area contributed by atoms with E-state index in [0.29, 0.717) is 23.8 Å². The zero-order valence-electron chi connectivity index (χ0n) is 11.4. The molecule has 0 aliphatic heterocycles. The Bertz CT molecular complexity index is 476. The molecule has 1 aromatic rings. The number of methoxy groups -OCH3 is 1. The summed E-state index contributed by atoms with van der Waals surface area (Å²) in [4.78, 5) is 21.8. The molecular formula is C13H18N2O5. The second kappa shape index (κ2) is 7.88. The van der Waals surface area contributed by atoms with Crippen LogP contribution >= 0.6 is 0 Å². The van der Waals surface area contributed by atoms with Gasteiger partial charge in [0, 0.05) is 18.3 Å². The van der Waals surface area contributed by atoms with Crippen LogP contribution in [0, 0.1) is 0 Å². The van der Waals surface area contributed by atoms with Gasteiger partial charge in [-0.3, -0.25) is 4.79 Å². The predicted octanol–water partition coefficient (Wildman–Crippen LogP) is 1.69. The molecule has 110 valence electrons. The smallest absolute Gasteiger partial charge is 0.319 e. The van der Waals surface area contributed by atoms with Crippen LogP contribution in [0.2, 0.25) is 0 Å². The van der Waals surface area contributed by atoms with Crippen LogP contribution in [0.15, 0.2) is 18.2 Å². The van der Waals surface area contributed by atoms with Crippen molar-refractivity contribution in [2.75, 3.05) is 25.6 Å². The van der Waals surface area contributed by atoms with Crippen LogP contribution < -0.4 is 20.1 Å². The number of carboxylic acids is 1. The summed E-state index contributed by atoms with van der Waals surface area (Å²) in [7, 11) is 1.51. The largest absolute Gasteiger partial charge is 0.493 e. The lowest BCUT2D eigenvalue weighted by Gasteiger charge is -2.12. The summed E-state index contributed by atoms with van der Waals surface area (Å²) in [6.07, 6.45) is -0.125. The fourth-order valence-electron chi connectivity index (χ4n) is 1.48. The summed E-state index contributed by atoms with van der Waals surface area (Å²) in [5.41, 5.74) is 0.526. The van der Waals surface area contributed by atoms with E-state index in [2.05, 4.69) is 10.6 Å². The summed E-state index contributed by atoms with van der Waals surface area (Å²) in [6, 6.07) is 4.51. The molecule has 1 aromatic carbocycles. The topological polar surface area (TPSA) is 96.9 Å². The van der Waals surface area contributed by atoms with Crippen molar-refractivity contribution < 1.29 is 24.2 Å². The van der Waals surface area contributed by atoms with E-state index < -0.39 is 12.0 Å². The summed E-state index contributed by atoms with van der Waals surface area (Å²) in [5, 5.41) is 13.5. The number of anilines is 1. The van der Waals surface area contributed by atoms with Crippen molar-refractivity contribution in [3.05, 3.63) is 18.2 Å². The van der Waals surface area contributed by atoms with Crippen molar-refractivity contribution in [2.45, 2.75) is 13.3 Å². The first kappa shape index (κ1) is 15.6. The predicted molar refractivity (Wildman–Crippen MR) is 73.4 cm³/mol. The number of benzene rings is 1. The summed E-state index contributed by atoms with van der Waals surface area (Å²) in [5.74, 6) is 0.134. The van der Waals surface area contributed by atoms with Crippen LogP contribution in [-0.4, -0.2) is 37.4 Å². The van der Waals surface area contributed by atoms with Crippen molar-refractivity contribution in [3.63, 3.8) is 0 Å². The number of carbonyl (C=O) groups excluding carboxylic acids is 1. The Morgan fingerprint density at radius 3 is 2.65 bits per heavy atom. The van der Waals surface area contributed by atoms with Gasteiger partial charge in [0.25, 0.3) is 0 Å². The number of hydrogen-bond donors (Lipinski definition) is 3. The van der Waals surface area contributed by atoms with Gasteiger partial charge in [-0.15, -0.1) is 0 Å². The van der Waals surface area contributed by atoms with Crippen LogP contribution in [0.25, 0.3) is 0 Å². The number of hydrogen-bond acceptors (Lipinski definition) is 4. The number of urea groups is 1. The lowest BCUT2D eigenvalue weighted by atomic mass is 10.2. The third kappa shape index (κ3) is 5.05. The molecule has 1 rings (SSSR count). The minimum Gasteiger partial charge on any atom is -0.493 e. The number of amides is 2. The maximum Gasteiger partial charge on any atom is 0.319 e. The van der Waals surface area contributed by atoms with Gasteiger partial charge < -0.3 is 25.2 Å². The fraction of sp³-hybridized carbons (Fsp3) is 0.385. The maximum atomic E-state index is 11.5. The zero-order valence-corrected chi connectivity index (χ0v) is 11.4. The monoisotopic (exact) mass is 282 g/mol. The maximum absolute atomic E-state index is 11.5. The number of ether oxygens (including phenoxy) is 2. The average molecular weight is 282 g/mol. The molecule has 0 heterocycles. The van der Waals surface area contributed by atoms with Gasteiger partial charge in [0.15, 0.2) is 11.5 Å². The van der Waals surface area contributed by atoms with Crippen LogP contribution in [0.5, 0.6) is 11.5 Å². The molecule has 0 atom stereocenters. The van der Waals surface area contributed by atoms with E-state index in [4.69, 9.17) is 14.6 Å². The summed E-state index contributed by atoms with van der Waals surface area (Å²) >= 11 is 0. The van der Waals surface area contributed by atoms with Gasteiger partial charge in [0.05, 0.1) is 20.1 Å². The molecule has 0 saturated carbocycles. The molecule has 0 aliphatic carbocycles. The number of carboxylic acid groups (broad SMARTS) is 1. The first-order valence-corrected chi connectivity index (χ1v) is 6.14. The van der Waals surface area contributed by atoms with Gasteiger partial charge in [-0.2, -0.15) is 0 Å². The van der Waals surface area contributed by atoms with Gasteiger partial charge in [0.2, 0.25) is 0 Å². The fourth-order valence-corrected chi connectivity index (χ4v) is 1.48. The standard InChI is InChI=1S/C13H18N2O5/c1-3-20-10-5-4-9(8-11(10)19-2)15-13(18)14-7-6-12(16)17/h4-5,8H,3,6-7H2,1-2H3,(H,16,17)(H2,14,15,18). The SMILES string of the molecule is CCOc1ccc(NC(=O)NCCC(=O)O)cc1OC. The number of rotatable bonds is 7. The molecule has 7 heteroatoms. The highest BCUT2D eigenvalue weighted by Gasteiger charge is 2.08. The van der Waals surface area contributed by atoms with Crippen molar-refractivity contribution in [1.82, 2.24) is 5.32 Å². The minimum atomic E-state index is -0.965. The van der Waals surface area contributed by atoms with Crippen LogP contribution in [0.4, 0.5) is 10.5 Å². The minimum absolute atomic E-state index is 0.0648. The summed E-state index contributed by atoms with van der Waals surface area (Å²) in [6.45, 7) is 2.44. The van der Waals surface area contributed by atoms with E-state index in [0.717, 1.165) is 0 Å². The molecule has 7 nitrogen and oxygen atoms in total. The molecule has 0 saturated heterocycles. The Labute approximate surface area is 116 Å². The Balaban J connectivity index is 2.59. The van der Waals surface area contributed by atoms with Gasteiger partial charge in [-0.1, -0.05) is 0 Å². The van der Waals surface area contributed by atoms with Gasteiger partial charge in [0.1, 0.15) is 0 Å². The third-order valence-electron chi connectivity index (χ3n) is 2.35. The van der Waals surface area contributed by atoms with E-state index >= 15 is 0 Å². The molecule has 0 fully saturated rings. The van der Waals surface area contributed by atoms with Crippen molar-refractivity contribution >= 4 is 17.7 Å². The van der Waals surface area contributed by atoms with Gasteiger partial charge in [-0.05, 0) is 19.1 Å². The Morgan fingerprint density at radius 2 is 2.05 bits per heavy atom. The van der Waals surface area contributed by atoms with Crippen molar-refractivity contribution in [2.24, 2.45) is 0 Å². The van der Waals surface area contributed by atoms with Crippen LogP contribution in [0.1, 0.15) is 13.3 Å². The van der Waals surface area contributed by atoms with Gasteiger partial charge in [-0.25, -0.2) is 4.79 Å². The molecule has 0 aromatic heterocycles. The third-order valence-corrected chi connectivity index (χ3v) is 2.35. The van der Waals surface area contributed by atoms with E-state index in [1.54, 1.807) is 18.2 Å². The quantitative estimate of drug-likeness (QED) is 0.707. The lowest BCUT2D eigenvalue weighted by molar-refractivity contribution is -0.136. The number of aliphatic carboxylic acids is 1. The summed E-state index contributed by atoms with van der Waals surface area (Å²) < 4.78 is 10.5. The normalized spacial score (nSPS) is 9.70. The molecule has 0 radical (unpaired) electrons. The highest BCUT2D eigenvalue weighted by Crippen LogP contribution is 2.30. The Morgan fingerprint density at radius 1 is 1.30 bits per heavy atom. The first-order valence-electron chi connectivity index (χ1n) is 6.14. The molecule has 0 spiro atoms. The first-order chi connectivity index (χ1) is 9.56. The van der Waals surface area contributed by atoms with E-state index in [1.165, 1.54) is 7.11 Å². The highest BCUT2D eigenvalue weighted by atomic mass is 16.5. The highest BCUT2D eigenvalue weighted by molar-refractivity contribution is 5.89. The number of nitrogens with one attached hydrogen (secondary N) is 2. The van der Waals surface area contributed by atoms with Crippen LogP contribution in [0.3, 0.4) is 0 Å². The molecule has 0 bridgehead atoms. The Kier molecular flexibility index (Phi) is 6.15. The second-order valence-corrected chi connectivity index (χ2v) is 3.82. The second-order valence-electron chi connectivity index (χ2n) is 3.82. The molecule has 0 aliphatic rings. The van der Waals surface area contributed by atoms with E-state index in [-0.39, 0.29) is 13.0 Å². The average Bonchev–Trinajstić information content (AvgIpc) is 2.40. The van der Waals surface area contributed by atoms with E-state index in [1.807, 2.05) is 6.92 Å². The van der Waals surface area contributed by atoms with Crippen molar-refractivity contribution in [1.29, 1.82) is 0 Å². The lowest BCUT2D eigenvalue weighted by Crippen LogP contribution is -2.30. The zero-order chi connectivity index (χ0) is 15.0. The molecule has 3 N–H and O–H groups in total. The molecule has 2 amide bonds. The van der Waals surface area contributed by atoms with Gasteiger partial charge >= 0.3 is 12.0 Å². The molecule has 0 unspecified atom stereocenters.